The second-order valence-electron chi connectivity index (χ2n) is 7.19. The van der Waals surface area contributed by atoms with Gasteiger partial charge >= 0.3 is 0 Å². The Labute approximate surface area is 178 Å². The number of carbonyl (C=O) groups excluding carboxylic acids is 2. The molecule has 1 heterocycles. The number of benzene rings is 1. The number of aliphatic hydroxyl groups is 2. The molecule has 1 fully saturated rings. The van der Waals surface area contributed by atoms with Crippen molar-refractivity contribution in [2.45, 2.75) is 25.2 Å². The number of nitrogens with zero attached hydrogens (tertiary/aromatic N) is 2. The molecule has 3 unspecified atom stereocenters. The molecule has 0 aromatic heterocycles. The topological polar surface area (TPSA) is 93.1 Å². The van der Waals surface area contributed by atoms with Gasteiger partial charge in [0.05, 0.1) is 0 Å². The zero-order valence-corrected chi connectivity index (χ0v) is 17.6. The summed E-state index contributed by atoms with van der Waals surface area (Å²) in [5.41, 5.74) is 2.18. The molecular formula is C23H31N3O4. The number of rotatable bonds is 8. The smallest absolute Gasteiger partial charge is 0.254 e. The largest absolute Gasteiger partial charge is 0.380 e. The third kappa shape index (κ3) is 6.13. The Morgan fingerprint density at radius 3 is 2.30 bits per heavy atom. The van der Waals surface area contributed by atoms with Gasteiger partial charge in [-0.05, 0) is 18.1 Å². The summed E-state index contributed by atoms with van der Waals surface area (Å²) >= 11 is 0. The van der Waals surface area contributed by atoms with Crippen LogP contribution in [-0.4, -0.2) is 83.3 Å². The van der Waals surface area contributed by atoms with E-state index in [0.717, 1.165) is 11.1 Å². The summed E-state index contributed by atoms with van der Waals surface area (Å²) in [5, 5.41) is 21.9. The van der Waals surface area contributed by atoms with E-state index in [1.165, 1.54) is 11.9 Å². The van der Waals surface area contributed by atoms with Gasteiger partial charge in [-0.2, -0.15) is 0 Å². The van der Waals surface area contributed by atoms with Crippen molar-refractivity contribution in [1.82, 2.24) is 15.1 Å². The van der Waals surface area contributed by atoms with Gasteiger partial charge in [-0.15, -0.1) is 0 Å². The van der Waals surface area contributed by atoms with Crippen LogP contribution in [0.25, 0.3) is 5.57 Å². The van der Waals surface area contributed by atoms with Gasteiger partial charge in [-0.1, -0.05) is 61.2 Å². The lowest BCUT2D eigenvalue weighted by Gasteiger charge is -2.38. The number of hydrogen-bond acceptors (Lipinski definition) is 5. The molecule has 0 saturated carbocycles. The summed E-state index contributed by atoms with van der Waals surface area (Å²) in [7, 11) is 1.34. The Kier molecular flexibility index (Phi) is 8.98. The summed E-state index contributed by atoms with van der Waals surface area (Å²) in [6, 6.07) is 10.2. The third-order valence-electron chi connectivity index (χ3n) is 5.23. The molecule has 1 aromatic rings. The molecule has 30 heavy (non-hydrogen) atoms. The number of likely N-dealkylation sites (N-methyl/N-ethyl adjacent to an activating group) is 1. The van der Waals surface area contributed by atoms with E-state index >= 15 is 0 Å². The highest BCUT2D eigenvalue weighted by Crippen LogP contribution is 2.17. The van der Waals surface area contributed by atoms with Gasteiger partial charge in [0.25, 0.3) is 11.8 Å². The zero-order valence-electron chi connectivity index (χ0n) is 17.6. The van der Waals surface area contributed by atoms with Crippen molar-refractivity contribution in [2.75, 3.05) is 33.2 Å². The number of amides is 2. The van der Waals surface area contributed by atoms with Crippen LogP contribution in [0.5, 0.6) is 0 Å². The lowest BCUT2D eigenvalue weighted by molar-refractivity contribution is -0.154. The van der Waals surface area contributed by atoms with Crippen molar-refractivity contribution >= 4 is 17.4 Å². The van der Waals surface area contributed by atoms with E-state index in [2.05, 4.69) is 35.9 Å². The molecule has 0 spiro atoms. The van der Waals surface area contributed by atoms with Gasteiger partial charge in [-0.25, -0.2) is 0 Å². The maximum atomic E-state index is 12.4. The summed E-state index contributed by atoms with van der Waals surface area (Å²) < 4.78 is 0. The van der Waals surface area contributed by atoms with Gasteiger partial charge in [0.15, 0.2) is 12.2 Å². The molecule has 0 radical (unpaired) electrons. The first-order chi connectivity index (χ1) is 14.4. The Balaban J connectivity index is 1.93. The van der Waals surface area contributed by atoms with Crippen molar-refractivity contribution in [3.63, 3.8) is 0 Å². The number of piperazine rings is 1. The van der Waals surface area contributed by atoms with Gasteiger partial charge in [0, 0.05) is 39.3 Å². The van der Waals surface area contributed by atoms with Gasteiger partial charge < -0.3 is 20.4 Å². The third-order valence-corrected chi connectivity index (χ3v) is 5.23. The summed E-state index contributed by atoms with van der Waals surface area (Å²) in [6.45, 7) is 7.98. The van der Waals surface area contributed by atoms with E-state index in [1.807, 2.05) is 36.4 Å². The van der Waals surface area contributed by atoms with Crippen molar-refractivity contribution in [2.24, 2.45) is 0 Å². The molecule has 3 atom stereocenters. The molecule has 1 aromatic carbocycles. The maximum Gasteiger partial charge on any atom is 0.254 e. The summed E-state index contributed by atoms with van der Waals surface area (Å²) in [6.07, 6.45) is 4.39. The fourth-order valence-corrected chi connectivity index (χ4v) is 3.33. The highest BCUT2D eigenvalue weighted by Gasteiger charge is 2.34. The quantitative estimate of drug-likeness (QED) is 0.549. The van der Waals surface area contributed by atoms with Crippen LogP contribution in [0.3, 0.4) is 0 Å². The van der Waals surface area contributed by atoms with Crippen LogP contribution in [0.4, 0.5) is 0 Å². The number of allylic oxidation sites excluding steroid dienone is 4. The molecule has 7 nitrogen and oxygen atoms in total. The van der Waals surface area contributed by atoms with E-state index in [9.17, 15) is 19.8 Å². The second-order valence-corrected chi connectivity index (χ2v) is 7.19. The Morgan fingerprint density at radius 2 is 1.73 bits per heavy atom. The van der Waals surface area contributed by atoms with Crippen molar-refractivity contribution in [3.05, 3.63) is 66.8 Å². The summed E-state index contributed by atoms with van der Waals surface area (Å²) in [4.78, 5) is 27.5. The number of hydrogen-bond donors (Lipinski definition) is 3. The minimum absolute atomic E-state index is 0.153. The van der Waals surface area contributed by atoms with Crippen LogP contribution in [0, 0.1) is 0 Å². The zero-order chi connectivity index (χ0) is 22.1. The van der Waals surface area contributed by atoms with Crippen LogP contribution in [0.1, 0.15) is 12.5 Å². The lowest BCUT2D eigenvalue weighted by atomic mass is 10.0. The molecule has 1 aliphatic rings. The first-order valence-corrected chi connectivity index (χ1v) is 10.1. The van der Waals surface area contributed by atoms with Crippen LogP contribution in [0.15, 0.2) is 61.2 Å². The van der Waals surface area contributed by atoms with E-state index in [1.54, 1.807) is 6.08 Å². The average molecular weight is 414 g/mol. The molecule has 1 aliphatic heterocycles. The number of aliphatic hydroxyl groups excluding tert-OH is 2. The fourth-order valence-electron chi connectivity index (χ4n) is 3.33. The predicted molar refractivity (Wildman–Crippen MR) is 117 cm³/mol. The van der Waals surface area contributed by atoms with E-state index in [-0.39, 0.29) is 6.04 Å². The molecule has 3 N–H and O–H groups in total. The van der Waals surface area contributed by atoms with E-state index in [0.29, 0.717) is 26.2 Å². The van der Waals surface area contributed by atoms with Gasteiger partial charge in [0.1, 0.15) is 0 Å². The SMILES string of the molecule is C=C/C=C(\C=C/C(C)N1CCN(C(=O)C(O)C(O)C(=O)NC)CC1)c1ccccc1. The normalized spacial score (nSPS) is 18.7. The molecule has 7 heteroatoms. The standard InChI is InChI=1S/C23H31N3O4/c1-4-8-18(19-9-6-5-7-10-19)12-11-17(2)25-13-15-26(16-14-25)23(30)21(28)20(27)22(29)24-3/h4-12,17,20-21,27-28H,1,13-16H2,2-3H3,(H,24,29)/b12-11-,18-8+. The first-order valence-electron chi connectivity index (χ1n) is 10.1. The van der Waals surface area contributed by atoms with Crippen LogP contribution < -0.4 is 5.32 Å². The first kappa shape index (κ1) is 23.5. The van der Waals surface area contributed by atoms with Gasteiger partial charge in [-0.3, -0.25) is 14.5 Å². The summed E-state index contributed by atoms with van der Waals surface area (Å²) in [5.74, 6) is -1.41. The van der Waals surface area contributed by atoms with Crippen molar-refractivity contribution < 1.29 is 19.8 Å². The molecule has 2 amide bonds. The van der Waals surface area contributed by atoms with Crippen LogP contribution in [-0.2, 0) is 9.59 Å². The highest BCUT2D eigenvalue weighted by molar-refractivity contribution is 5.90. The Bertz CT molecular complexity index is 783. The van der Waals surface area contributed by atoms with E-state index < -0.39 is 24.0 Å². The average Bonchev–Trinajstić information content (AvgIpc) is 2.80. The Hall–Kier alpha value is -2.74. The molecule has 2 rings (SSSR count). The van der Waals surface area contributed by atoms with Crippen molar-refractivity contribution in [1.29, 1.82) is 0 Å². The highest BCUT2D eigenvalue weighted by atomic mass is 16.3. The molecule has 1 saturated heterocycles. The molecule has 0 bridgehead atoms. The second kappa shape index (κ2) is 11.4. The number of nitrogens with one attached hydrogen (secondary N) is 1. The molecular weight excluding hydrogens is 382 g/mol. The van der Waals surface area contributed by atoms with Crippen LogP contribution in [0.2, 0.25) is 0 Å². The monoisotopic (exact) mass is 413 g/mol. The van der Waals surface area contributed by atoms with Crippen LogP contribution >= 0.6 is 0 Å². The minimum Gasteiger partial charge on any atom is -0.380 e. The van der Waals surface area contributed by atoms with Gasteiger partial charge in [0.2, 0.25) is 0 Å². The fraction of sp³-hybridized carbons (Fsp3) is 0.391. The Morgan fingerprint density at radius 1 is 1.10 bits per heavy atom. The number of carbonyl (C=O) groups is 2. The predicted octanol–water partition coefficient (Wildman–Crippen LogP) is 0.813. The maximum absolute atomic E-state index is 12.4. The minimum atomic E-state index is -1.77. The molecule has 162 valence electrons. The lowest BCUT2D eigenvalue weighted by Crippen LogP contribution is -2.56. The molecule has 0 aliphatic carbocycles. The van der Waals surface area contributed by atoms with E-state index in [4.69, 9.17) is 0 Å². The van der Waals surface area contributed by atoms with Crippen molar-refractivity contribution in [3.8, 4) is 0 Å².